The predicted molar refractivity (Wildman–Crippen MR) is 84.2 cm³/mol. The second kappa shape index (κ2) is 6.30. The first-order chi connectivity index (χ1) is 10.7. The van der Waals surface area contributed by atoms with Gasteiger partial charge in [-0.15, -0.1) is 10.2 Å². The van der Waals surface area contributed by atoms with E-state index in [0.29, 0.717) is 6.42 Å². The molecule has 3 rings (SSSR count). The summed E-state index contributed by atoms with van der Waals surface area (Å²) in [6, 6.07) is 10.3. The van der Waals surface area contributed by atoms with Gasteiger partial charge in [0.1, 0.15) is 6.33 Å². The fraction of sp³-hybridized carbons (Fsp3) is 0.471. The topological polar surface area (TPSA) is 51.0 Å². The number of carbonyl (C=O) groups is 1. The van der Waals surface area contributed by atoms with E-state index in [0.717, 1.165) is 25.2 Å². The lowest BCUT2D eigenvalue weighted by molar-refractivity contribution is -0.132. The van der Waals surface area contributed by atoms with Crippen molar-refractivity contribution in [3.8, 4) is 0 Å². The lowest BCUT2D eigenvalue weighted by Gasteiger charge is -2.25. The molecule has 1 amide bonds. The molecule has 1 aliphatic heterocycles. The molecule has 1 aromatic heterocycles. The fourth-order valence-corrected chi connectivity index (χ4v) is 3.21. The van der Waals surface area contributed by atoms with Crippen LogP contribution in [0.25, 0.3) is 0 Å². The molecule has 1 fully saturated rings. The van der Waals surface area contributed by atoms with E-state index in [4.69, 9.17) is 0 Å². The van der Waals surface area contributed by atoms with Crippen molar-refractivity contribution in [2.45, 2.75) is 38.1 Å². The third kappa shape index (κ3) is 2.89. The summed E-state index contributed by atoms with van der Waals surface area (Å²) in [5, 5.41) is 8.13. The van der Waals surface area contributed by atoms with Gasteiger partial charge < -0.3 is 9.47 Å². The molecule has 1 aromatic carbocycles. The van der Waals surface area contributed by atoms with E-state index < -0.39 is 0 Å². The minimum Gasteiger partial charge on any atom is -0.332 e. The first kappa shape index (κ1) is 14.8. The van der Waals surface area contributed by atoms with E-state index in [1.54, 1.807) is 6.33 Å². The Bertz CT molecular complexity index is 637. The highest BCUT2D eigenvalue weighted by Gasteiger charge is 2.33. The molecular formula is C17H22N4O. The molecule has 5 nitrogen and oxygen atoms in total. The van der Waals surface area contributed by atoms with Crippen LogP contribution in [0.15, 0.2) is 36.7 Å². The number of hydrogen-bond donors (Lipinski definition) is 0. The molecule has 2 aromatic rings. The molecule has 1 aliphatic rings. The number of nitrogens with zero attached hydrogens (tertiary/aromatic N) is 4. The van der Waals surface area contributed by atoms with Crippen molar-refractivity contribution >= 4 is 5.91 Å². The summed E-state index contributed by atoms with van der Waals surface area (Å²) < 4.78 is 1.91. The van der Waals surface area contributed by atoms with Gasteiger partial charge in [-0.2, -0.15) is 0 Å². The molecule has 116 valence electrons. The first-order valence-electron chi connectivity index (χ1n) is 7.85. The Hall–Kier alpha value is -2.17. The Labute approximate surface area is 131 Å². The SMILES string of the molecule is CC(CC(=O)N1CCCC1c1nncn1C)c1ccccc1. The van der Waals surface area contributed by atoms with Gasteiger partial charge in [0.2, 0.25) is 5.91 Å². The van der Waals surface area contributed by atoms with Crippen LogP contribution in [-0.4, -0.2) is 32.1 Å². The van der Waals surface area contributed by atoms with E-state index in [1.807, 2.05) is 34.7 Å². The van der Waals surface area contributed by atoms with Crippen LogP contribution in [-0.2, 0) is 11.8 Å². The first-order valence-corrected chi connectivity index (χ1v) is 7.85. The van der Waals surface area contributed by atoms with Crippen molar-refractivity contribution in [3.05, 3.63) is 48.0 Å². The summed E-state index contributed by atoms with van der Waals surface area (Å²) in [6.07, 6.45) is 4.24. The minimum absolute atomic E-state index is 0.0722. The maximum absolute atomic E-state index is 12.7. The standard InChI is InChI=1S/C17H22N4O/c1-13(14-7-4-3-5-8-14)11-16(22)21-10-6-9-15(21)17-19-18-12-20(17)2/h3-5,7-8,12-13,15H,6,9-11H2,1-2H3. The molecule has 0 spiro atoms. The number of likely N-dealkylation sites (tertiary alicyclic amines) is 1. The average molecular weight is 298 g/mol. The fourth-order valence-electron chi connectivity index (χ4n) is 3.21. The molecule has 2 atom stereocenters. The van der Waals surface area contributed by atoms with Crippen LogP contribution < -0.4 is 0 Å². The molecule has 0 aliphatic carbocycles. The van der Waals surface area contributed by atoms with Gasteiger partial charge in [-0.05, 0) is 24.3 Å². The van der Waals surface area contributed by atoms with Gasteiger partial charge in [0.25, 0.3) is 0 Å². The van der Waals surface area contributed by atoms with Crippen LogP contribution in [0.1, 0.15) is 49.5 Å². The zero-order valence-corrected chi connectivity index (χ0v) is 13.1. The van der Waals surface area contributed by atoms with Gasteiger partial charge in [-0.25, -0.2) is 0 Å². The lowest BCUT2D eigenvalue weighted by Crippen LogP contribution is -2.32. The van der Waals surface area contributed by atoms with Crippen molar-refractivity contribution in [2.75, 3.05) is 6.54 Å². The normalized spacial score (nSPS) is 19.4. The smallest absolute Gasteiger partial charge is 0.223 e. The third-order valence-electron chi connectivity index (χ3n) is 4.47. The Morgan fingerprint density at radius 1 is 1.36 bits per heavy atom. The zero-order valence-electron chi connectivity index (χ0n) is 13.1. The van der Waals surface area contributed by atoms with Crippen LogP contribution in [0.3, 0.4) is 0 Å². The Morgan fingerprint density at radius 2 is 2.14 bits per heavy atom. The molecule has 0 N–H and O–H groups in total. The van der Waals surface area contributed by atoms with E-state index >= 15 is 0 Å². The zero-order chi connectivity index (χ0) is 15.5. The van der Waals surface area contributed by atoms with Crippen LogP contribution in [0.5, 0.6) is 0 Å². The van der Waals surface area contributed by atoms with Gasteiger partial charge in [0.15, 0.2) is 5.82 Å². The summed E-state index contributed by atoms with van der Waals surface area (Å²) in [5.41, 5.74) is 1.21. The molecule has 0 saturated carbocycles. The highest BCUT2D eigenvalue weighted by atomic mass is 16.2. The summed E-state index contributed by atoms with van der Waals surface area (Å²) in [4.78, 5) is 14.7. The van der Waals surface area contributed by atoms with E-state index in [1.165, 1.54) is 5.56 Å². The molecule has 2 heterocycles. The molecular weight excluding hydrogens is 276 g/mol. The minimum atomic E-state index is 0.0722. The third-order valence-corrected chi connectivity index (χ3v) is 4.47. The quantitative estimate of drug-likeness (QED) is 0.872. The highest BCUT2D eigenvalue weighted by Crippen LogP contribution is 2.32. The van der Waals surface area contributed by atoms with Crippen molar-refractivity contribution < 1.29 is 4.79 Å². The Kier molecular flexibility index (Phi) is 4.22. The summed E-state index contributed by atoms with van der Waals surface area (Å²) in [6.45, 7) is 2.93. The highest BCUT2D eigenvalue weighted by molar-refractivity contribution is 5.77. The Morgan fingerprint density at radius 3 is 2.82 bits per heavy atom. The van der Waals surface area contributed by atoms with Gasteiger partial charge in [-0.3, -0.25) is 4.79 Å². The Balaban J connectivity index is 1.70. The predicted octanol–water partition coefficient (Wildman–Crippen LogP) is 2.67. The molecule has 2 unspecified atom stereocenters. The number of amides is 1. The molecule has 0 bridgehead atoms. The molecule has 1 saturated heterocycles. The number of carbonyl (C=O) groups excluding carboxylic acids is 1. The number of hydrogen-bond acceptors (Lipinski definition) is 3. The van der Waals surface area contributed by atoms with E-state index in [-0.39, 0.29) is 17.9 Å². The van der Waals surface area contributed by atoms with Crippen molar-refractivity contribution in [2.24, 2.45) is 7.05 Å². The van der Waals surface area contributed by atoms with E-state index in [9.17, 15) is 4.79 Å². The molecule has 5 heteroatoms. The van der Waals surface area contributed by atoms with Crippen LogP contribution >= 0.6 is 0 Å². The number of aryl methyl sites for hydroxylation is 1. The van der Waals surface area contributed by atoms with Crippen LogP contribution in [0, 0.1) is 0 Å². The van der Waals surface area contributed by atoms with Crippen LogP contribution in [0.4, 0.5) is 0 Å². The van der Waals surface area contributed by atoms with Gasteiger partial charge in [0, 0.05) is 20.0 Å². The number of aromatic nitrogens is 3. The van der Waals surface area contributed by atoms with E-state index in [2.05, 4.69) is 29.3 Å². The second-order valence-electron chi connectivity index (χ2n) is 6.06. The lowest BCUT2D eigenvalue weighted by atomic mass is 9.97. The van der Waals surface area contributed by atoms with Gasteiger partial charge >= 0.3 is 0 Å². The molecule has 0 radical (unpaired) electrons. The summed E-state index contributed by atoms with van der Waals surface area (Å²) in [5.74, 6) is 1.33. The summed E-state index contributed by atoms with van der Waals surface area (Å²) >= 11 is 0. The number of rotatable bonds is 4. The van der Waals surface area contributed by atoms with Crippen molar-refractivity contribution in [1.82, 2.24) is 19.7 Å². The van der Waals surface area contributed by atoms with Crippen molar-refractivity contribution in [3.63, 3.8) is 0 Å². The average Bonchev–Trinajstić information content (AvgIpc) is 3.16. The molecule has 22 heavy (non-hydrogen) atoms. The largest absolute Gasteiger partial charge is 0.332 e. The second-order valence-corrected chi connectivity index (χ2v) is 6.06. The van der Waals surface area contributed by atoms with Gasteiger partial charge in [-0.1, -0.05) is 37.3 Å². The van der Waals surface area contributed by atoms with Crippen LogP contribution in [0.2, 0.25) is 0 Å². The summed E-state index contributed by atoms with van der Waals surface area (Å²) in [7, 11) is 1.93. The monoisotopic (exact) mass is 298 g/mol. The maximum atomic E-state index is 12.7. The maximum Gasteiger partial charge on any atom is 0.223 e. The van der Waals surface area contributed by atoms with Crippen molar-refractivity contribution in [1.29, 1.82) is 0 Å². The number of benzene rings is 1. The van der Waals surface area contributed by atoms with Gasteiger partial charge in [0.05, 0.1) is 6.04 Å².